The Morgan fingerprint density at radius 3 is 2.44 bits per heavy atom. The lowest BCUT2D eigenvalue weighted by molar-refractivity contribution is -0.128. The molecule has 0 atom stereocenters. The van der Waals surface area contributed by atoms with Crippen molar-refractivity contribution in [1.29, 1.82) is 0 Å². The van der Waals surface area contributed by atoms with Crippen molar-refractivity contribution < 1.29 is 18.7 Å². The zero-order valence-corrected chi connectivity index (χ0v) is 20.3. The third-order valence-electron chi connectivity index (χ3n) is 5.79. The molecule has 0 fully saturated rings. The van der Waals surface area contributed by atoms with Gasteiger partial charge < -0.3 is 13.9 Å². The number of fused-ring (bicyclic) bond motifs is 2. The maximum absolute atomic E-state index is 12.9. The first kappa shape index (κ1) is 23.4. The van der Waals surface area contributed by atoms with E-state index in [-0.39, 0.29) is 22.5 Å². The monoisotopic (exact) mass is 496 g/mol. The number of carbonyl (C=O) groups is 1. The van der Waals surface area contributed by atoms with Crippen LogP contribution in [0.15, 0.2) is 94.3 Å². The molecule has 5 aromatic rings. The summed E-state index contributed by atoms with van der Waals surface area (Å²) in [5.74, 6) is 0.255. The molecular formula is C30H21ClO5. The Morgan fingerprint density at radius 1 is 0.889 bits per heavy atom. The van der Waals surface area contributed by atoms with E-state index in [4.69, 9.17) is 25.5 Å². The summed E-state index contributed by atoms with van der Waals surface area (Å²) in [7, 11) is 0. The number of halogens is 1. The number of benzene rings is 4. The van der Waals surface area contributed by atoms with Crippen LogP contribution in [0.1, 0.15) is 16.7 Å². The normalized spacial score (nSPS) is 11.3. The van der Waals surface area contributed by atoms with E-state index in [2.05, 4.69) is 0 Å². The molecule has 0 radical (unpaired) electrons. The lowest BCUT2D eigenvalue weighted by atomic mass is 10.0. The van der Waals surface area contributed by atoms with Gasteiger partial charge in [-0.15, -0.1) is 0 Å². The summed E-state index contributed by atoms with van der Waals surface area (Å²) in [6.45, 7) is 3.73. The third-order valence-corrected chi connectivity index (χ3v) is 6.39. The first-order valence-electron chi connectivity index (χ1n) is 11.3. The Kier molecular flexibility index (Phi) is 6.32. The van der Waals surface area contributed by atoms with Crippen molar-refractivity contribution in [3.8, 4) is 17.2 Å². The van der Waals surface area contributed by atoms with E-state index in [0.29, 0.717) is 16.2 Å². The summed E-state index contributed by atoms with van der Waals surface area (Å²) in [6, 6.07) is 21.9. The van der Waals surface area contributed by atoms with Gasteiger partial charge in [0, 0.05) is 17.2 Å². The van der Waals surface area contributed by atoms with Crippen molar-refractivity contribution in [3.63, 3.8) is 0 Å². The average molecular weight is 497 g/mol. The SMILES string of the molecule is Cc1cc(Oc2coc3cc(OC(=O)/C=C/c4cccc5ccccc45)ccc3c2=O)cc(C)c1Cl. The molecule has 6 heteroatoms. The number of ether oxygens (including phenoxy) is 2. The molecule has 0 aliphatic rings. The lowest BCUT2D eigenvalue weighted by Crippen LogP contribution is -2.06. The molecule has 0 amide bonds. The maximum Gasteiger partial charge on any atom is 0.336 e. The predicted octanol–water partition coefficient (Wildman–Crippen LogP) is 7.63. The molecular weight excluding hydrogens is 476 g/mol. The summed E-state index contributed by atoms with van der Waals surface area (Å²) in [5, 5.41) is 3.09. The minimum atomic E-state index is -0.543. The number of aryl methyl sites for hydroxylation is 2. The third kappa shape index (κ3) is 4.74. The Morgan fingerprint density at radius 2 is 1.64 bits per heavy atom. The second kappa shape index (κ2) is 9.72. The van der Waals surface area contributed by atoms with Crippen LogP contribution >= 0.6 is 11.6 Å². The van der Waals surface area contributed by atoms with E-state index < -0.39 is 5.97 Å². The highest BCUT2D eigenvalue weighted by Crippen LogP contribution is 2.29. The second-order valence-electron chi connectivity index (χ2n) is 8.38. The van der Waals surface area contributed by atoms with Crippen LogP contribution in [0.2, 0.25) is 5.02 Å². The second-order valence-corrected chi connectivity index (χ2v) is 8.76. The molecule has 0 aliphatic carbocycles. The predicted molar refractivity (Wildman–Crippen MR) is 142 cm³/mol. The number of hydrogen-bond acceptors (Lipinski definition) is 5. The molecule has 1 aromatic heterocycles. The maximum atomic E-state index is 12.9. The molecule has 4 aromatic carbocycles. The van der Waals surface area contributed by atoms with Crippen LogP contribution in [-0.2, 0) is 4.79 Å². The summed E-state index contributed by atoms with van der Waals surface area (Å²) in [5.41, 5.74) is 2.54. The Hall–Kier alpha value is -4.35. The van der Waals surface area contributed by atoms with Crippen LogP contribution in [0, 0.1) is 13.8 Å². The van der Waals surface area contributed by atoms with Crippen molar-refractivity contribution >= 4 is 45.4 Å². The van der Waals surface area contributed by atoms with Crippen molar-refractivity contribution in [2.75, 3.05) is 0 Å². The van der Waals surface area contributed by atoms with Crippen molar-refractivity contribution in [3.05, 3.63) is 117 Å². The van der Waals surface area contributed by atoms with Crippen LogP contribution in [0.4, 0.5) is 0 Å². The largest absolute Gasteiger partial charge is 0.460 e. The fourth-order valence-electron chi connectivity index (χ4n) is 4.02. The van der Waals surface area contributed by atoms with Gasteiger partial charge in [-0.1, -0.05) is 54.1 Å². The van der Waals surface area contributed by atoms with Crippen LogP contribution in [-0.4, -0.2) is 5.97 Å². The van der Waals surface area contributed by atoms with Gasteiger partial charge >= 0.3 is 5.97 Å². The number of hydrogen-bond donors (Lipinski definition) is 0. The molecule has 0 N–H and O–H groups in total. The number of carbonyl (C=O) groups excluding carboxylic acids is 1. The molecule has 0 saturated heterocycles. The standard InChI is InChI=1S/C30H21ClO5/c1-18-14-23(15-19(2)29(18)31)35-27-17-34-26-16-22(11-12-25(26)30(27)33)36-28(32)13-10-21-8-5-7-20-6-3-4-9-24(20)21/h3-17H,1-2H3/b13-10+. The Balaban J connectivity index is 1.35. The average Bonchev–Trinajstić information content (AvgIpc) is 2.87. The minimum Gasteiger partial charge on any atom is -0.460 e. The molecule has 36 heavy (non-hydrogen) atoms. The zero-order valence-electron chi connectivity index (χ0n) is 19.6. The van der Waals surface area contributed by atoms with Gasteiger partial charge in [-0.3, -0.25) is 4.79 Å². The molecule has 0 saturated carbocycles. The van der Waals surface area contributed by atoms with E-state index >= 15 is 0 Å². The van der Waals surface area contributed by atoms with Crippen molar-refractivity contribution in [2.24, 2.45) is 0 Å². The van der Waals surface area contributed by atoms with Gasteiger partial charge in [-0.25, -0.2) is 4.79 Å². The van der Waals surface area contributed by atoms with Gasteiger partial charge in [-0.05, 0) is 71.7 Å². The Labute approximate surface area is 212 Å². The first-order valence-corrected chi connectivity index (χ1v) is 11.6. The van der Waals surface area contributed by atoms with Gasteiger partial charge in [0.05, 0.1) is 5.39 Å². The van der Waals surface area contributed by atoms with E-state index in [1.807, 2.05) is 56.3 Å². The fourth-order valence-corrected chi connectivity index (χ4v) is 4.13. The molecule has 5 rings (SSSR count). The van der Waals surface area contributed by atoms with Crippen LogP contribution < -0.4 is 14.9 Å². The van der Waals surface area contributed by atoms with Gasteiger partial charge in [-0.2, -0.15) is 0 Å². The van der Waals surface area contributed by atoms with Gasteiger partial charge in [0.15, 0.2) is 0 Å². The summed E-state index contributed by atoms with van der Waals surface area (Å²) < 4.78 is 16.8. The van der Waals surface area contributed by atoms with Crippen molar-refractivity contribution in [1.82, 2.24) is 0 Å². The number of rotatable bonds is 5. The van der Waals surface area contributed by atoms with Gasteiger partial charge in [0.2, 0.25) is 11.2 Å². The van der Waals surface area contributed by atoms with E-state index in [0.717, 1.165) is 27.5 Å². The van der Waals surface area contributed by atoms with E-state index in [9.17, 15) is 9.59 Å². The highest BCUT2D eigenvalue weighted by molar-refractivity contribution is 6.32. The topological polar surface area (TPSA) is 65.7 Å². The fraction of sp³-hybridized carbons (Fsp3) is 0.0667. The first-order chi connectivity index (χ1) is 17.4. The summed E-state index contributed by atoms with van der Waals surface area (Å²) >= 11 is 6.21. The summed E-state index contributed by atoms with van der Waals surface area (Å²) in [4.78, 5) is 25.4. The molecule has 0 spiro atoms. The Bertz CT molecular complexity index is 1690. The van der Waals surface area contributed by atoms with Gasteiger partial charge in [0.25, 0.3) is 0 Å². The molecule has 0 unspecified atom stereocenters. The highest BCUT2D eigenvalue weighted by Gasteiger charge is 2.13. The van der Waals surface area contributed by atoms with Crippen molar-refractivity contribution in [2.45, 2.75) is 13.8 Å². The van der Waals surface area contributed by atoms with Crippen LogP contribution in [0.5, 0.6) is 17.2 Å². The highest BCUT2D eigenvalue weighted by atomic mass is 35.5. The molecule has 5 nitrogen and oxygen atoms in total. The molecule has 178 valence electrons. The molecule has 0 aliphatic heterocycles. The minimum absolute atomic E-state index is 0.0476. The number of esters is 1. The smallest absolute Gasteiger partial charge is 0.336 e. The van der Waals surface area contributed by atoms with Gasteiger partial charge in [0.1, 0.15) is 23.3 Å². The van der Waals surface area contributed by atoms with E-state index in [1.54, 1.807) is 30.3 Å². The lowest BCUT2D eigenvalue weighted by Gasteiger charge is -2.09. The van der Waals surface area contributed by atoms with Crippen LogP contribution in [0.25, 0.3) is 27.8 Å². The summed E-state index contributed by atoms with van der Waals surface area (Å²) in [6.07, 6.45) is 4.33. The zero-order chi connectivity index (χ0) is 25.2. The quantitative estimate of drug-likeness (QED) is 0.142. The van der Waals surface area contributed by atoms with E-state index in [1.165, 1.54) is 18.4 Å². The molecule has 1 heterocycles. The molecule has 0 bridgehead atoms. The van der Waals surface area contributed by atoms with Crippen LogP contribution in [0.3, 0.4) is 0 Å².